The summed E-state index contributed by atoms with van der Waals surface area (Å²) in [4.78, 5) is 25.6. The first-order valence-electron chi connectivity index (χ1n) is 8.81. The van der Waals surface area contributed by atoms with Gasteiger partial charge in [0.05, 0.1) is 41.9 Å². The van der Waals surface area contributed by atoms with E-state index in [1.54, 1.807) is 29.6 Å². The van der Waals surface area contributed by atoms with Gasteiger partial charge in [-0.2, -0.15) is 5.10 Å². The van der Waals surface area contributed by atoms with Gasteiger partial charge in [-0.25, -0.2) is 15.0 Å². The predicted molar refractivity (Wildman–Crippen MR) is 102 cm³/mol. The molecule has 4 aromatic rings. The molecule has 0 amide bonds. The third-order valence-corrected chi connectivity index (χ3v) is 4.52. The van der Waals surface area contributed by atoms with Gasteiger partial charge in [-0.05, 0) is 19.9 Å². The number of aromatic nitrogens is 6. The monoisotopic (exact) mass is 360 g/mol. The van der Waals surface area contributed by atoms with Gasteiger partial charge in [-0.1, -0.05) is 12.1 Å². The largest absolute Gasteiger partial charge is 0.334 e. The van der Waals surface area contributed by atoms with Crippen molar-refractivity contribution < 1.29 is 4.79 Å². The summed E-state index contributed by atoms with van der Waals surface area (Å²) in [6.45, 7) is 4.04. The van der Waals surface area contributed by atoms with Crippen molar-refractivity contribution in [3.63, 3.8) is 0 Å². The second-order valence-electron chi connectivity index (χ2n) is 6.85. The van der Waals surface area contributed by atoms with Gasteiger partial charge in [-0.3, -0.25) is 9.48 Å². The molecule has 3 heterocycles. The van der Waals surface area contributed by atoms with Crippen LogP contribution < -0.4 is 0 Å². The normalized spacial score (nSPS) is 11.4. The Kier molecular flexibility index (Phi) is 4.27. The number of fused-ring (bicyclic) bond motifs is 1. The summed E-state index contributed by atoms with van der Waals surface area (Å²) in [5.41, 5.74) is 3.42. The Balaban J connectivity index is 1.62. The minimum absolute atomic E-state index is 0.0379. The van der Waals surface area contributed by atoms with Gasteiger partial charge in [0.1, 0.15) is 5.82 Å². The maximum absolute atomic E-state index is 12.5. The molecular formula is C20H20N6O. The zero-order chi connectivity index (χ0) is 19.0. The minimum atomic E-state index is -0.0379. The molecule has 0 radical (unpaired) electrons. The molecule has 4 rings (SSSR count). The van der Waals surface area contributed by atoms with E-state index in [9.17, 15) is 4.79 Å². The van der Waals surface area contributed by atoms with Crippen LogP contribution in [0.15, 0.2) is 49.3 Å². The third-order valence-electron chi connectivity index (χ3n) is 4.52. The molecule has 7 heteroatoms. The average molecular weight is 360 g/mol. The summed E-state index contributed by atoms with van der Waals surface area (Å²) in [6, 6.07) is 6.22. The Hall–Kier alpha value is -3.35. The van der Waals surface area contributed by atoms with E-state index in [1.807, 2.05) is 49.9 Å². The van der Waals surface area contributed by atoms with Crippen LogP contribution in [0.25, 0.3) is 22.2 Å². The van der Waals surface area contributed by atoms with E-state index in [0.717, 1.165) is 22.2 Å². The predicted octanol–water partition coefficient (Wildman–Crippen LogP) is 3.23. The Bertz CT molecular complexity index is 1120. The van der Waals surface area contributed by atoms with Crippen LogP contribution >= 0.6 is 0 Å². The zero-order valence-electron chi connectivity index (χ0n) is 15.5. The van der Waals surface area contributed by atoms with Gasteiger partial charge < -0.3 is 4.57 Å². The Morgan fingerprint density at radius 1 is 1.19 bits per heavy atom. The fourth-order valence-electron chi connectivity index (χ4n) is 2.95. The smallest absolute Gasteiger partial charge is 0.173 e. The number of imidazole rings is 1. The number of hydrogen-bond donors (Lipinski definition) is 0. The Morgan fingerprint density at radius 3 is 2.74 bits per heavy atom. The van der Waals surface area contributed by atoms with E-state index in [1.165, 1.54) is 0 Å². The molecule has 27 heavy (non-hydrogen) atoms. The highest BCUT2D eigenvalue weighted by atomic mass is 16.1. The fourth-order valence-corrected chi connectivity index (χ4v) is 2.95. The second kappa shape index (κ2) is 6.75. The number of carbonyl (C=O) groups excluding carboxylic acids is 1. The van der Waals surface area contributed by atoms with Gasteiger partial charge >= 0.3 is 0 Å². The lowest BCUT2D eigenvalue weighted by atomic mass is 10.1. The SMILES string of the molecule is CC(C)n1cc(C(=O)Cc2ncc3ccc(-c4cncn4C)cc3n2)cn1. The van der Waals surface area contributed by atoms with Crippen LogP contribution in [0.2, 0.25) is 0 Å². The topological polar surface area (TPSA) is 78.5 Å². The summed E-state index contributed by atoms with van der Waals surface area (Å²) in [5, 5.41) is 5.16. The van der Waals surface area contributed by atoms with E-state index in [-0.39, 0.29) is 18.2 Å². The quantitative estimate of drug-likeness (QED) is 0.511. The summed E-state index contributed by atoms with van der Waals surface area (Å²) in [5.74, 6) is 0.469. The van der Waals surface area contributed by atoms with Crippen molar-refractivity contribution in [2.24, 2.45) is 7.05 Å². The molecule has 0 aliphatic rings. The highest BCUT2D eigenvalue weighted by Crippen LogP contribution is 2.22. The summed E-state index contributed by atoms with van der Waals surface area (Å²) in [7, 11) is 1.95. The first-order valence-corrected chi connectivity index (χ1v) is 8.81. The number of hydrogen-bond acceptors (Lipinski definition) is 5. The molecule has 0 aliphatic heterocycles. The van der Waals surface area contributed by atoms with E-state index < -0.39 is 0 Å². The van der Waals surface area contributed by atoms with Gasteiger partial charge in [0.15, 0.2) is 5.78 Å². The maximum atomic E-state index is 12.5. The van der Waals surface area contributed by atoms with E-state index in [0.29, 0.717) is 11.4 Å². The molecule has 0 bridgehead atoms. The van der Waals surface area contributed by atoms with Crippen molar-refractivity contribution in [1.29, 1.82) is 0 Å². The number of carbonyl (C=O) groups is 1. The summed E-state index contributed by atoms with van der Waals surface area (Å²) >= 11 is 0. The first kappa shape index (κ1) is 17.1. The van der Waals surface area contributed by atoms with Crippen molar-refractivity contribution in [2.45, 2.75) is 26.3 Å². The lowest BCUT2D eigenvalue weighted by Gasteiger charge is -2.05. The molecule has 7 nitrogen and oxygen atoms in total. The van der Waals surface area contributed by atoms with Gasteiger partial charge in [0.25, 0.3) is 0 Å². The second-order valence-corrected chi connectivity index (χ2v) is 6.85. The molecule has 0 spiro atoms. The molecule has 3 aromatic heterocycles. The number of aryl methyl sites for hydroxylation is 1. The Labute approximate surface area is 156 Å². The summed E-state index contributed by atoms with van der Waals surface area (Å²) in [6.07, 6.45) is 8.86. The van der Waals surface area contributed by atoms with Crippen molar-refractivity contribution in [3.8, 4) is 11.3 Å². The van der Waals surface area contributed by atoms with Crippen molar-refractivity contribution in [2.75, 3.05) is 0 Å². The lowest BCUT2D eigenvalue weighted by molar-refractivity contribution is 0.0991. The molecular weight excluding hydrogens is 340 g/mol. The highest BCUT2D eigenvalue weighted by molar-refractivity contribution is 5.97. The third kappa shape index (κ3) is 3.36. The zero-order valence-corrected chi connectivity index (χ0v) is 15.5. The van der Waals surface area contributed by atoms with Crippen LogP contribution in [0.1, 0.15) is 36.1 Å². The fraction of sp³-hybridized carbons (Fsp3) is 0.250. The number of rotatable bonds is 5. The molecule has 0 atom stereocenters. The van der Waals surface area contributed by atoms with Gasteiger partial charge in [0, 0.05) is 36.4 Å². The molecule has 0 unspecified atom stereocenters. The van der Waals surface area contributed by atoms with Gasteiger partial charge in [-0.15, -0.1) is 0 Å². The molecule has 0 fully saturated rings. The molecule has 1 aromatic carbocycles. The standard InChI is InChI=1S/C20H20N6O/c1-13(2)26-11-16(9-23-26)19(27)7-20-22-8-15-5-4-14(6-17(15)24-20)18-10-21-12-25(18)3/h4-6,8-13H,7H2,1-3H3. The summed E-state index contributed by atoms with van der Waals surface area (Å²) < 4.78 is 3.73. The highest BCUT2D eigenvalue weighted by Gasteiger charge is 2.13. The van der Waals surface area contributed by atoms with Gasteiger partial charge in [0.2, 0.25) is 0 Å². The average Bonchev–Trinajstić information content (AvgIpc) is 3.30. The van der Waals surface area contributed by atoms with Crippen LogP contribution in [0.4, 0.5) is 0 Å². The molecule has 0 saturated heterocycles. The molecule has 136 valence electrons. The van der Waals surface area contributed by atoms with Crippen LogP contribution in [-0.2, 0) is 13.5 Å². The van der Waals surface area contributed by atoms with E-state index in [4.69, 9.17) is 0 Å². The van der Waals surface area contributed by atoms with Crippen LogP contribution in [0.3, 0.4) is 0 Å². The molecule has 0 N–H and O–H groups in total. The Morgan fingerprint density at radius 2 is 2.04 bits per heavy atom. The number of nitrogens with zero attached hydrogens (tertiary/aromatic N) is 6. The van der Waals surface area contributed by atoms with Crippen LogP contribution in [0, 0.1) is 0 Å². The number of ketones is 1. The van der Waals surface area contributed by atoms with E-state index in [2.05, 4.69) is 20.1 Å². The van der Waals surface area contributed by atoms with Crippen LogP contribution in [0.5, 0.6) is 0 Å². The van der Waals surface area contributed by atoms with Crippen molar-refractivity contribution in [3.05, 3.63) is 60.7 Å². The molecule has 0 saturated carbocycles. The maximum Gasteiger partial charge on any atom is 0.173 e. The lowest BCUT2D eigenvalue weighted by Crippen LogP contribution is -2.07. The van der Waals surface area contributed by atoms with Crippen molar-refractivity contribution in [1.82, 2.24) is 29.3 Å². The minimum Gasteiger partial charge on any atom is -0.334 e. The number of benzene rings is 1. The van der Waals surface area contributed by atoms with E-state index >= 15 is 0 Å². The van der Waals surface area contributed by atoms with Crippen LogP contribution in [-0.4, -0.2) is 35.1 Å². The molecule has 0 aliphatic carbocycles. The van der Waals surface area contributed by atoms with Crippen molar-refractivity contribution >= 4 is 16.7 Å². The number of Topliss-reactive ketones (excluding diaryl/α,β-unsaturated/α-hetero) is 1. The first-order chi connectivity index (χ1) is 13.0.